The highest BCUT2D eigenvalue weighted by molar-refractivity contribution is 5.54. The molecule has 1 atom stereocenters. The van der Waals surface area contributed by atoms with Crippen molar-refractivity contribution in [1.82, 2.24) is 14.3 Å². The quantitative estimate of drug-likeness (QED) is 0.627. The standard InChI is InChI=1S/C23H29N5O2/c1-4-18(2)28-23(29)27(17-24-28)21-7-5-19(6-8-21)25-13-15-26(16-14-25)20-9-11-22(30-3)12-10-20/h5-12,17-18H,4,13-16H2,1-3H3/t18-/m1/s1. The van der Waals surface area contributed by atoms with Crippen LogP contribution in [-0.4, -0.2) is 47.6 Å². The summed E-state index contributed by atoms with van der Waals surface area (Å²) in [4.78, 5) is 17.4. The van der Waals surface area contributed by atoms with Crippen LogP contribution in [0.2, 0.25) is 0 Å². The van der Waals surface area contributed by atoms with E-state index in [1.807, 2.05) is 31.2 Å². The Morgan fingerprint density at radius 1 is 0.900 bits per heavy atom. The Labute approximate surface area is 177 Å². The van der Waals surface area contributed by atoms with Crippen LogP contribution < -0.4 is 20.2 Å². The average Bonchev–Trinajstić information content (AvgIpc) is 3.20. The van der Waals surface area contributed by atoms with E-state index in [0.29, 0.717) is 0 Å². The maximum atomic E-state index is 12.6. The molecule has 4 rings (SSSR count). The van der Waals surface area contributed by atoms with E-state index in [0.717, 1.165) is 44.0 Å². The normalized spacial score (nSPS) is 15.3. The van der Waals surface area contributed by atoms with E-state index in [4.69, 9.17) is 4.74 Å². The summed E-state index contributed by atoms with van der Waals surface area (Å²) < 4.78 is 8.40. The zero-order chi connectivity index (χ0) is 21.1. The molecule has 0 radical (unpaired) electrons. The van der Waals surface area contributed by atoms with Gasteiger partial charge in [0.1, 0.15) is 12.1 Å². The number of rotatable bonds is 6. The maximum Gasteiger partial charge on any atom is 0.350 e. The van der Waals surface area contributed by atoms with Crippen molar-refractivity contribution >= 4 is 11.4 Å². The number of benzene rings is 2. The van der Waals surface area contributed by atoms with Crippen LogP contribution in [0.5, 0.6) is 5.75 Å². The first-order valence-corrected chi connectivity index (χ1v) is 10.5. The Hall–Kier alpha value is -3.22. The molecular formula is C23H29N5O2. The molecule has 0 spiro atoms. The van der Waals surface area contributed by atoms with E-state index in [9.17, 15) is 4.79 Å². The Morgan fingerprint density at radius 3 is 1.90 bits per heavy atom. The molecule has 0 unspecified atom stereocenters. The maximum absolute atomic E-state index is 12.6. The molecule has 1 saturated heterocycles. The lowest BCUT2D eigenvalue weighted by Crippen LogP contribution is -2.46. The monoisotopic (exact) mass is 407 g/mol. The highest BCUT2D eigenvalue weighted by atomic mass is 16.5. The van der Waals surface area contributed by atoms with Crippen molar-refractivity contribution in [1.29, 1.82) is 0 Å². The van der Waals surface area contributed by atoms with Gasteiger partial charge in [-0.15, -0.1) is 0 Å². The number of hydrogen-bond donors (Lipinski definition) is 0. The molecule has 30 heavy (non-hydrogen) atoms. The van der Waals surface area contributed by atoms with Crippen molar-refractivity contribution in [3.05, 3.63) is 65.3 Å². The molecule has 0 aliphatic carbocycles. The van der Waals surface area contributed by atoms with Gasteiger partial charge in [-0.2, -0.15) is 5.10 Å². The van der Waals surface area contributed by atoms with Crippen LogP contribution in [-0.2, 0) is 0 Å². The zero-order valence-corrected chi connectivity index (χ0v) is 17.9. The van der Waals surface area contributed by atoms with Crippen molar-refractivity contribution in [2.75, 3.05) is 43.1 Å². The fourth-order valence-corrected chi connectivity index (χ4v) is 3.81. The molecule has 0 amide bonds. The fraction of sp³-hybridized carbons (Fsp3) is 0.391. The summed E-state index contributed by atoms with van der Waals surface area (Å²) >= 11 is 0. The number of anilines is 2. The zero-order valence-electron chi connectivity index (χ0n) is 17.9. The minimum Gasteiger partial charge on any atom is -0.497 e. The molecule has 2 aromatic carbocycles. The molecule has 7 nitrogen and oxygen atoms in total. The van der Waals surface area contributed by atoms with E-state index in [-0.39, 0.29) is 11.7 Å². The summed E-state index contributed by atoms with van der Waals surface area (Å²) in [6.07, 6.45) is 2.48. The van der Waals surface area contributed by atoms with Gasteiger partial charge in [-0.3, -0.25) is 0 Å². The van der Waals surface area contributed by atoms with Crippen LogP contribution >= 0.6 is 0 Å². The van der Waals surface area contributed by atoms with Crippen molar-refractivity contribution in [2.45, 2.75) is 26.3 Å². The number of aromatic nitrogens is 3. The smallest absolute Gasteiger partial charge is 0.350 e. The van der Waals surface area contributed by atoms with Gasteiger partial charge < -0.3 is 14.5 Å². The minimum atomic E-state index is -0.0924. The second-order valence-corrected chi connectivity index (χ2v) is 7.67. The summed E-state index contributed by atoms with van der Waals surface area (Å²) in [5, 5.41) is 4.27. The summed E-state index contributed by atoms with van der Waals surface area (Å²) in [7, 11) is 1.69. The second kappa shape index (κ2) is 8.65. The van der Waals surface area contributed by atoms with Gasteiger partial charge in [0.05, 0.1) is 18.8 Å². The second-order valence-electron chi connectivity index (χ2n) is 7.67. The Balaban J connectivity index is 1.42. The van der Waals surface area contributed by atoms with Crippen molar-refractivity contribution in [2.24, 2.45) is 0 Å². The number of piperazine rings is 1. The van der Waals surface area contributed by atoms with Crippen LogP contribution in [0.3, 0.4) is 0 Å². The van der Waals surface area contributed by atoms with Gasteiger partial charge in [0.25, 0.3) is 0 Å². The van der Waals surface area contributed by atoms with Gasteiger partial charge in [-0.25, -0.2) is 14.0 Å². The third kappa shape index (κ3) is 3.92. The summed E-state index contributed by atoms with van der Waals surface area (Å²) in [6.45, 7) is 7.91. The molecule has 2 heterocycles. The molecule has 0 saturated carbocycles. The molecule has 1 aliphatic rings. The SMILES string of the molecule is CC[C@@H](C)n1ncn(-c2ccc(N3CCN(c4ccc(OC)cc4)CC3)cc2)c1=O. The number of nitrogens with zero attached hydrogens (tertiary/aromatic N) is 5. The Morgan fingerprint density at radius 2 is 1.40 bits per heavy atom. The first kappa shape index (κ1) is 20.1. The predicted octanol–water partition coefficient (Wildman–Crippen LogP) is 3.34. The summed E-state index contributed by atoms with van der Waals surface area (Å²) in [6, 6.07) is 16.5. The van der Waals surface area contributed by atoms with Gasteiger partial charge in [-0.1, -0.05) is 6.92 Å². The van der Waals surface area contributed by atoms with Crippen molar-refractivity contribution in [3.63, 3.8) is 0 Å². The molecule has 7 heteroatoms. The van der Waals surface area contributed by atoms with Gasteiger partial charge in [0, 0.05) is 37.6 Å². The van der Waals surface area contributed by atoms with Crippen LogP contribution in [0.25, 0.3) is 5.69 Å². The van der Waals surface area contributed by atoms with Crippen molar-refractivity contribution in [3.8, 4) is 11.4 Å². The van der Waals surface area contributed by atoms with Gasteiger partial charge in [0.2, 0.25) is 0 Å². The lowest BCUT2D eigenvalue weighted by molar-refractivity contribution is 0.415. The first-order chi connectivity index (χ1) is 14.6. The molecule has 0 N–H and O–H groups in total. The van der Waals surface area contributed by atoms with Gasteiger partial charge in [0.15, 0.2) is 0 Å². The lowest BCUT2D eigenvalue weighted by atomic mass is 10.2. The third-order valence-electron chi connectivity index (χ3n) is 5.91. The van der Waals surface area contributed by atoms with Crippen LogP contribution in [0.1, 0.15) is 26.3 Å². The molecule has 3 aromatic rings. The molecule has 1 aromatic heterocycles. The highest BCUT2D eigenvalue weighted by Crippen LogP contribution is 2.23. The van der Waals surface area contributed by atoms with E-state index >= 15 is 0 Å². The lowest BCUT2D eigenvalue weighted by Gasteiger charge is -2.37. The van der Waals surface area contributed by atoms with E-state index < -0.39 is 0 Å². The Bertz CT molecular complexity index is 1010. The van der Waals surface area contributed by atoms with Gasteiger partial charge >= 0.3 is 5.69 Å². The topological polar surface area (TPSA) is 55.5 Å². The Kier molecular flexibility index (Phi) is 5.79. The van der Waals surface area contributed by atoms with Crippen LogP contribution in [0, 0.1) is 0 Å². The average molecular weight is 408 g/mol. The van der Waals surface area contributed by atoms with Crippen LogP contribution in [0.15, 0.2) is 59.7 Å². The molecule has 158 valence electrons. The fourth-order valence-electron chi connectivity index (χ4n) is 3.81. The number of ether oxygens (including phenoxy) is 1. The molecule has 0 bridgehead atoms. The third-order valence-corrected chi connectivity index (χ3v) is 5.91. The van der Waals surface area contributed by atoms with Crippen LogP contribution in [0.4, 0.5) is 11.4 Å². The molecule has 1 fully saturated rings. The number of methoxy groups -OCH3 is 1. The van der Waals surface area contributed by atoms with E-state index in [1.165, 1.54) is 11.4 Å². The van der Waals surface area contributed by atoms with E-state index in [2.05, 4.69) is 46.1 Å². The first-order valence-electron chi connectivity index (χ1n) is 10.5. The summed E-state index contributed by atoms with van der Waals surface area (Å²) in [5.74, 6) is 0.881. The largest absolute Gasteiger partial charge is 0.497 e. The number of hydrogen-bond acceptors (Lipinski definition) is 5. The van der Waals surface area contributed by atoms with E-state index in [1.54, 1.807) is 22.7 Å². The van der Waals surface area contributed by atoms with Crippen molar-refractivity contribution < 1.29 is 4.74 Å². The molecular weight excluding hydrogens is 378 g/mol. The van der Waals surface area contributed by atoms with Gasteiger partial charge in [-0.05, 0) is 61.9 Å². The highest BCUT2D eigenvalue weighted by Gasteiger charge is 2.18. The molecule has 1 aliphatic heterocycles. The predicted molar refractivity (Wildman–Crippen MR) is 120 cm³/mol. The summed E-state index contributed by atoms with van der Waals surface area (Å²) in [5.41, 5.74) is 3.15. The minimum absolute atomic E-state index is 0.0924.